The monoisotopic (exact) mass is 292 g/mol. The molecule has 0 radical (unpaired) electrons. The van der Waals surface area contributed by atoms with Crippen LogP contribution in [0.1, 0.15) is 24.8 Å². The van der Waals surface area contributed by atoms with Gasteiger partial charge in [-0.1, -0.05) is 18.2 Å². The molecule has 2 aliphatic heterocycles. The van der Waals surface area contributed by atoms with Crippen LogP contribution in [0.25, 0.3) is 0 Å². The van der Waals surface area contributed by atoms with Gasteiger partial charge in [-0.15, -0.1) is 0 Å². The van der Waals surface area contributed by atoms with Gasteiger partial charge in [0.2, 0.25) is 0 Å². The van der Waals surface area contributed by atoms with E-state index in [1.54, 1.807) is 0 Å². The third kappa shape index (κ3) is 3.86. The third-order valence-electron chi connectivity index (χ3n) is 3.64. The number of fused-ring (bicyclic) bond motifs is 1. The van der Waals surface area contributed by atoms with Crippen molar-refractivity contribution in [1.29, 1.82) is 0 Å². The van der Waals surface area contributed by atoms with Crippen molar-refractivity contribution in [3.63, 3.8) is 0 Å². The Morgan fingerprint density at radius 1 is 1.29 bits per heavy atom. The van der Waals surface area contributed by atoms with Gasteiger partial charge in [-0.3, -0.25) is 0 Å². The van der Waals surface area contributed by atoms with E-state index in [9.17, 15) is 4.79 Å². The Kier molecular flexibility index (Phi) is 4.57. The number of urea groups is 1. The molecule has 0 aromatic heterocycles. The number of hydrogen-bond donors (Lipinski definition) is 2. The van der Waals surface area contributed by atoms with E-state index in [1.807, 2.05) is 24.3 Å². The van der Waals surface area contributed by atoms with Gasteiger partial charge in [-0.2, -0.15) is 0 Å². The molecular formula is C15H20N2O4. The summed E-state index contributed by atoms with van der Waals surface area (Å²) in [7, 11) is 0. The Bertz CT molecular complexity index is 488. The fourth-order valence-electron chi connectivity index (χ4n) is 2.56. The number of hydrogen-bond acceptors (Lipinski definition) is 4. The van der Waals surface area contributed by atoms with Crippen LogP contribution in [-0.4, -0.2) is 31.6 Å². The summed E-state index contributed by atoms with van der Waals surface area (Å²) in [5.41, 5.74) is 3.50. The summed E-state index contributed by atoms with van der Waals surface area (Å²) in [6.07, 6.45) is 3.32. The first-order valence-corrected chi connectivity index (χ1v) is 7.36. The zero-order chi connectivity index (χ0) is 14.5. The van der Waals surface area contributed by atoms with Crippen LogP contribution in [0.2, 0.25) is 0 Å². The SMILES string of the molecule is O=C(NOC1CCCCO1)NC1COc2ccccc2C1. The highest BCUT2D eigenvalue weighted by atomic mass is 16.8. The molecule has 1 aromatic rings. The summed E-state index contributed by atoms with van der Waals surface area (Å²) in [6, 6.07) is 7.43. The molecule has 6 nitrogen and oxygen atoms in total. The zero-order valence-electron chi connectivity index (χ0n) is 11.8. The number of benzene rings is 1. The van der Waals surface area contributed by atoms with Gasteiger partial charge in [0.25, 0.3) is 0 Å². The van der Waals surface area contributed by atoms with Crippen LogP contribution < -0.4 is 15.5 Å². The summed E-state index contributed by atoms with van der Waals surface area (Å²) >= 11 is 0. The lowest BCUT2D eigenvalue weighted by atomic mass is 10.0. The first-order valence-electron chi connectivity index (χ1n) is 7.36. The second kappa shape index (κ2) is 6.78. The third-order valence-corrected chi connectivity index (χ3v) is 3.64. The van der Waals surface area contributed by atoms with Gasteiger partial charge in [-0.25, -0.2) is 15.1 Å². The number of rotatable bonds is 3. The van der Waals surface area contributed by atoms with Gasteiger partial charge < -0.3 is 14.8 Å². The standard InChI is InChI=1S/C15H20N2O4/c18-15(17-21-14-7-3-4-8-19-14)16-12-9-11-5-1-2-6-13(11)20-10-12/h1-2,5-6,12,14H,3-4,7-10H2,(H2,16,17,18). The van der Waals surface area contributed by atoms with Crippen LogP contribution in [0.15, 0.2) is 24.3 Å². The van der Waals surface area contributed by atoms with E-state index in [1.165, 1.54) is 0 Å². The number of amides is 2. The van der Waals surface area contributed by atoms with Gasteiger partial charge in [-0.05, 0) is 30.9 Å². The molecule has 1 aromatic carbocycles. The average Bonchev–Trinajstić information content (AvgIpc) is 2.54. The van der Waals surface area contributed by atoms with Gasteiger partial charge in [0, 0.05) is 13.0 Å². The molecule has 6 heteroatoms. The van der Waals surface area contributed by atoms with Crippen molar-refractivity contribution in [1.82, 2.24) is 10.8 Å². The van der Waals surface area contributed by atoms with Crippen LogP contribution in [0.5, 0.6) is 5.75 Å². The van der Waals surface area contributed by atoms with Crippen LogP contribution in [-0.2, 0) is 16.0 Å². The molecular weight excluding hydrogens is 272 g/mol. The van der Waals surface area contributed by atoms with Crippen molar-refractivity contribution in [3.05, 3.63) is 29.8 Å². The van der Waals surface area contributed by atoms with Crippen molar-refractivity contribution in [3.8, 4) is 5.75 Å². The second-order valence-electron chi connectivity index (χ2n) is 5.31. The van der Waals surface area contributed by atoms with Crippen LogP contribution in [0.3, 0.4) is 0 Å². The lowest BCUT2D eigenvalue weighted by Gasteiger charge is -2.27. The van der Waals surface area contributed by atoms with Crippen LogP contribution in [0, 0.1) is 0 Å². The average molecular weight is 292 g/mol. The van der Waals surface area contributed by atoms with Crippen LogP contribution in [0.4, 0.5) is 4.79 Å². The molecule has 3 rings (SSSR count). The molecule has 0 saturated carbocycles. The largest absolute Gasteiger partial charge is 0.491 e. The molecule has 2 heterocycles. The molecule has 0 aliphatic carbocycles. The minimum Gasteiger partial charge on any atom is -0.491 e. The Hall–Kier alpha value is -1.79. The smallest absolute Gasteiger partial charge is 0.339 e. The molecule has 0 bridgehead atoms. The lowest BCUT2D eigenvalue weighted by molar-refractivity contribution is -0.186. The highest BCUT2D eigenvalue weighted by Gasteiger charge is 2.22. The van der Waals surface area contributed by atoms with Gasteiger partial charge in [0.15, 0.2) is 6.29 Å². The first kappa shape index (κ1) is 14.2. The number of carbonyl (C=O) groups excluding carboxylic acids is 1. The zero-order valence-corrected chi connectivity index (χ0v) is 11.8. The summed E-state index contributed by atoms with van der Waals surface area (Å²) in [5, 5.41) is 2.84. The van der Waals surface area contributed by atoms with Gasteiger partial charge in [0.1, 0.15) is 12.4 Å². The highest BCUT2D eigenvalue weighted by Crippen LogP contribution is 2.23. The van der Waals surface area contributed by atoms with E-state index >= 15 is 0 Å². The fraction of sp³-hybridized carbons (Fsp3) is 0.533. The molecule has 114 valence electrons. The maximum atomic E-state index is 11.8. The normalized spacial score (nSPS) is 24.6. The van der Waals surface area contributed by atoms with Gasteiger partial charge >= 0.3 is 6.03 Å². The molecule has 1 fully saturated rings. The van der Waals surface area contributed by atoms with Crippen molar-refractivity contribution < 1.29 is 19.1 Å². The molecule has 21 heavy (non-hydrogen) atoms. The summed E-state index contributed by atoms with van der Waals surface area (Å²) in [5.74, 6) is 0.891. The Labute approximate surface area is 123 Å². The number of hydroxylamine groups is 1. The van der Waals surface area contributed by atoms with Crippen molar-refractivity contribution in [2.45, 2.75) is 38.0 Å². The maximum absolute atomic E-state index is 11.8. The summed E-state index contributed by atoms with van der Waals surface area (Å²) in [6.45, 7) is 1.14. The number of para-hydroxylation sites is 1. The van der Waals surface area contributed by atoms with E-state index in [4.69, 9.17) is 14.3 Å². The van der Waals surface area contributed by atoms with E-state index in [2.05, 4.69) is 10.8 Å². The molecule has 2 amide bonds. The first-order chi connectivity index (χ1) is 10.3. The molecule has 1 saturated heterocycles. The fourth-order valence-corrected chi connectivity index (χ4v) is 2.56. The van der Waals surface area contributed by atoms with E-state index < -0.39 is 0 Å². The molecule has 2 unspecified atom stereocenters. The summed E-state index contributed by atoms with van der Waals surface area (Å²) < 4.78 is 11.0. The number of ether oxygens (including phenoxy) is 2. The molecule has 2 atom stereocenters. The predicted octanol–water partition coefficient (Wildman–Crippen LogP) is 1.75. The quantitative estimate of drug-likeness (QED) is 0.833. The van der Waals surface area contributed by atoms with Crippen LogP contribution >= 0.6 is 0 Å². The van der Waals surface area contributed by atoms with E-state index in [0.29, 0.717) is 13.2 Å². The predicted molar refractivity (Wildman–Crippen MR) is 75.8 cm³/mol. The molecule has 2 N–H and O–H groups in total. The topological polar surface area (TPSA) is 68.8 Å². The lowest BCUT2D eigenvalue weighted by Crippen LogP contribution is -2.48. The number of carbonyl (C=O) groups is 1. The second-order valence-corrected chi connectivity index (χ2v) is 5.31. The van der Waals surface area contributed by atoms with Crippen molar-refractivity contribution in [2.75, 3.05) is 13.2 Å². The Balaban J connectivity index is 1.43. The van der Waals surface area contributed by atoms with Gasteiger partial charge in [0.05, 0.1) is 6.04 Å². The maximum Gasteiger partial charge on any atom is 0.339 e. The molecule has 0 spiro atoms. The van der Waals surface area contributed by atoms with Crippen molar-refractivity contribution >= 4 is 6.03 Å². The Morgan fingerprint density at radius 3 is 3.05 bits per heavy atom. The van der Waals surface area contributed by atoms with E-state index in [0.717, 1.165) is 37.0 Å². The Morgan fingerprint density at radius 2 is 2.19 bits per heavy atom. The minimum atomic E-state index is -0.364. The minimum absolute atomic E-state index is 0.0595. The number of nitrogens with one attached hydrogen (secondary N) is 2. The molecule has 2 aliphatic rings. The van der Waals surface area contributed by atoms with Crippen molar-refractivity contribution in [2.24, 2.45) is 0 Å². The highest BCUT2D eigenvalue weighted by molar-refractivity contribution is 5.73. The van der Waals surface area contributed by atoms with E-state index in [-0.39, 0.29) is 18.4 Å². The summed E-state index contributed by atoms with van der Waals surface area (Å²) in [4.78, 5) is 17.0.